The molecule has 0 heterocycles. The Morgan fingerprint density at radius 3 is 2.44 bits per heavy atom. The number of amides is 2. The monoisotopic (exact) mass is 338 g/mol. The first kappa shape index (κ1) is 17.9. The lowest BCUT2D eigenvalue weighted by Gasteiger charge is -2.08. The number of primary amides is 1. The zero-order valence-corrected chi connectivity index (χ0v) is 13.7. The van der Waals surface area contributed by atoms with Crippen LogP contribution in [0.1, 0.15) is 21.5 Å². The summed E-state index contributed by atoms with van der Waals surface area (Å²) in [5.74, 6) is -1.86. The van der Waals surface area contributed by atoms with Crippen LogP contribution in [-0.4, -0.2) is 24.4 Å². The van der Waals surface area contributed by atoms with Gasteiger partial charge >= 0.3 is 5.97 Å². The third-order valence-electron chi connectivity index (χ3n) is 3.30. The van der Waals surface area contributed by atoms with Gasteiger partial charge in [0.15, 0.2) is 6.61 Å². The van der Waals surface area contributed by atoms with E-state index in [9.17, 15) is 14.4 Å². The molecule has 0 spiro atoms. The van der Waals surface area contributed by atoms with Crippen LogP contribution in [-0.2, 0) is 14.3 Å². The molecular formula is C19H18N2O4. The highest BCUT2D eigenvalue weighted by molar-refractivity contribution is 6.03. The number of para-hydroxylation sites is 1. The van der Waals surface area contributed by atoms with Gasteiger partial charge in [0.2, 0.25) is 0 Å². The van der Waals surface area contributed by atoms with Gasteiger partial charge in [-0.15, -0.1) is 0 Å². The maximum absolute atomic E-state index is 11.8. The summed E-state index contributed by atoms with van der Waals surface area (Å²) in [6.07, 6.45) is 2.84. The van der Waals surface area contributed by atoms with Crippen molar-refractivity contribution in [1.29, 1.82) is 0 Å². The molecule has 6 heteroatoms. The molecule has 0 bridgehead atoms. The van der Waals surface area contributed by atoms with E-state index in [-0.39, 0.29) is 11.3 Å². The number of rotatable bonds is 6. The second kappa shape index (κ2) is 8.44. The minimum atomic E-state index is -0.658. The van der Waals surface area contributed by atoms with Gasteiger partial charge in [-0.1, -0.05) is 42.0 Å². The first-order valence-corrected chi connectivity index (χ1v) is 7.56. The maximum Gasteiger partial charge on any atom is 0.331 e. The molecular weight excluding hydrogens is 320 g/mol. The fraction of sp³-hybridized carbons (Fsp3) is 0.105. The number of hydrogen-bond donors (Lipinski definition) is 2. The predicted molar refractivity (Wildman–Crippen MR) is 94.8 cm³/mol. The lowest BCUT2D eigenvalue weighted by molar-refractivity contribution is -0.142. The molecule has 0 aliphatic rings. The summed E-state index contributed by atoms with van der Waals surface area (Å²) in [5, 5.41) is 2.49. The molecule has 2 aromatic rings. The molecule has 2 aromatic carbocycles. The first-order chi connectivity index (χ1) is 12.0. The number of aryl methyl sites for hydroxylation is 1. The van der Waals surface area contributed by atoms with E-state index >= 15 is 0 Å². The Labute approximate surface area is 145 Å². The van der Waals surface area contributed by atoms with Crippen molar-refractivity contribution >= 4 is 29.5 Å². The third kappa shape index (κ3) is 5.62. The summed E-state index contributed by atoms with van der Waals surface area (Å²) in [6, 6.07) is 13.9. The average Bonchev–Trinajstić information content (AvgIpc) is 2.59. The molecule has 0 fully saturated rings. The minimum absolute atomic E-state index is 0.182. The van der Waals surface area contributed by atoms with Gasteiger partial charge in [-0.2, -0.15) is 0 Å². The van der Waals surface area contributed by atoms with E-state index in [4.69, 9.17) is 10.5 Å². The maximum atomic E-state index is 11.8. The predicted octanol–water partition coefficient (Wildman–Crippen LogP) is 2.29. The highest BCUT2D eigenvalue weighted by atomic mass is 16.5. The molecule has 0 aliphatic heterocycles. The van der Waals surface area contributed by atoms with Gasteiger partial charge in [0.05, 0.1) is 11.3 Å². The van der Waals surface area contributed by atoms with E-state index in [0.29, 0.717) is 0 Å². The van der Waals surface area contributed by atoms with Crippen LogP contribution in [0, 0.1) is 6.92 Å². The first-order valence-electron chi connectivity index (χ1n) is 7.56. The van der Waals surface area contributed by atoms with Crippen LogP contribution in [0.5, 0.6) is 0 Å². The van der Waals surface area contributed by atoms with E-state index in [2.05, 4.69) is 5.32 Å². The number of anilines is 1. The minimum Gasteiger partial charge on any atom is -0.452 e. The van der Waals surface area contributed by atoms with Crippen LogP contribution in [0.3, 0.4) is 0 Å². The number of esters is 1. The Kier molecular flexibility index (Phi) is 6.06. The van der Waals surface area contributed by atoms with E-state index in [1.165, 1.54) is 18.2 Å². The molecule has 3 N–H and O–H groups in total. The highest BCUT2D eigenvalue weighted by Gasteiger charge is 2.11. The Balaban J connectivity index is 1.86. The molecule has 0 saturated carbocycles. The van der Waals surface area contributed by atoms with Gasteiger partial charge in [-0.3, -0.25) is 9.59 Å². The van der Waals surface area contributed by atoms with Crippen molar-refractivity contribution < 1.29 is 19.1 Å². The second-order valence-electron chi connectivity index (χ2n) is 5.31. The topological polar surface area (TPSA) is 98.5 Å². The number of carbonyl (C=O) groups excluding carboxylic acids is 3. The molecule has 0 saturated heterocycles. The second-order valence-corrected chi connectivity index (χ2v) is 5.31. The molecule has 0 atom stereocenters. The number of nitrogens with one attached hydrogen (secondary N) is 1. The standard InChI is InChI=1S/C19H18N2O4/c1-13-6-8-14(9-7-13)10-11-18(23)25-12-17(22)21-16-5-3-2-4-15(16)19(20)24/h2-11H,12H2,1H3,(H2,20,24)(H,21,22)/b11-10+. The average molecular weight is 338 g/mol. The summed E-state index contributed by atoms with van der Waals surface area (Å²) in [4.78, 5) is 34.8. The van der Waals surface area contributed by atoms with Crippen LogP contribution in [0.4, 0.5) is 5.69 Å². The summed E-state index contributed by atoms with van der Waals surface area (Å²) in [7, 11) is 0. The largest absolute Gasteiger partial charge is 0.452 e. The van der Waals surface area contributed by atoms with Crippen molar-refractivity contribution in [3.63, 3.8) is 0 Å². The lowest BCUT2D eigenvalue weighted by atomic mass is 10.1. The molecule has 2 rings (SSSR count). The number of benzene rings is 2. The van der Waals surface area contributed by atoms with Gasteiger partial charge in [0.1, 0.15) is 0 Å². The van der Waals surface area contributed by atoms with Crippen molar-refractivity contribution in [2.45, 2.75) is 6.92 Å². The van der Waals surface area contributed by atoms with Gasteiger partial charge in [0.25, 0.3) is 11.8 Å². The van der Waals surface area contributed by atoms with Crippen LogP contribution in [0.2, 0.25) is 0 Å². The van der Waals surface area contributed by atoms with Crippen molar-refractivity contribution in [2.24, 2.45) is 5.73 Å². The highest BCUT2D eigenvalue weighted by Crippen LogP contribution is 2.14. The quantitative estimate of drug-likeness (QED) is 0.623. The summed E-state index contributed by atoms with van der Waals surface area (Å²) in [5.41, 5.74) is 7.65. The van der Waals surface area contributed by atoms with E-state index in [1.807, 2.05) is 31.2 Å². The number of carbonyl (C=O) groups is 3. The van der Waals surface area contributed by atoms with Crippen molar-refractivity contribution in [3.8, 4) is 0 Å². The van der Waals surface area contributed by atoms with Crippen LogP contribution < -0.4 is 11.1 Å². The Morgan fingerprint density at radius 2 is 1.76 bits per heavy atom. The van der Waals surface area contributed by atoms with Gasteiger partial charge in [0, 0.05) is 6.08 Å². The van der Waals surface area contributed by atoms with E-state index in [0.717, 1.165) is 11.1 Å². The molecule has 0 aliphatic carbocycles. The molecule has 6 nitrogen and oxygen atoms in total. The van der Waals surface area contributed by atoms with Crippen molar-refractivity contribution in [2.75, 3.05) is 11.9 Å². The van der Waals surface area contributed by atoms with Gasteiger partial charge in [-0.25, -0.2) is 4.79 Å². The van der Waals surface area contributed by atoms with Crippen molar-refractivity contribution in [3.05, 3.63) is 71.3 Å². The fourth-order valence-corrected chi connectivity index (χ4v) is 2.02. The van der Waals surface area contributed by atoms with Crippen LogP contribution in [0.15, 0.2) is 54.6 Å². The number of nitrogens with two attached hydrogens (primary N) is 1. The lowest BCUT2D eigenvalue weighted by Crippen LogP contribution is -2.22. The zero-order valence-electron chi connectivity index (χ0n) is 13.7. The normalized spacial score (nSPS) is 10.4. The van der Waals surface area contributed by atoms with Crippen LogP contribution in [0.25, 0.3) is 6.08 Å². The Morgan fingerprint density at radius 1 is 1.08 bits per heavy atom. The molecule has 0 aromatic heterocycles. The Bertz CT molecular complexity index is 810. The SMILES string of the molecule is Cc1ccc(/C=C/C(=O)OCC(=O)Nc2ccccc2C(N)=O)cc1. The summed E-state index contributed by atoms with van der Waals surface area (Å²) in [6.45, 7) is 1.50. The number of ether oxygens (including phenoxy) is 1. The van der Waals surface area contributed by atoms with E-state index in [1.54, 1.807) is 18.2 Å². The zero-order chi connectivity index (χ0) is 18.2. The third-order valence-corrected chi connectivity index (χ3v) is 3.30. The molecule has 2 amide bonds. The van der Waals surface area contributed by atoms with E-state index < -0.39 is 24.4 Å². The van der Waals surface area contributed by atoms with Crippen molar-refractivity contribution in [1.82, 2.24) is 0 Å². The Hall–Kier alpha value is -3.41. The smallest absolute Gasteiger partial charge is 0.331 e. The van der Waals surface area contributed by atoms with Gasteiger partial charge < -0.3 is 15.8 Å². The molecule has 128 valence electrons. The van der Waals surface area contributed by atoms with Gasteiger partial charge in [-0.05, 0) is 30.7 Å². The summed E-state index contributed by atoms with van der Waals surface area (Å²) < 4.78 is 4.87. The van der Waals surface area contributed by atoms with Crippen LogP contribution >= 0.6 is 0 Å². The summed E-state index contributed by atoms with van der Waals surface area (Å²) >= 11 is 0. The molecule has 25 heavy (non-hydrogen) atoms. The molecule has 0 radical (unpaired) electrons. The molecule has 0 unspecified atom stereocenters. The fourth-order valence-electron chi connectivity index (χ4n) is 2.02. The number of hydrogen-bond acceptors (Lipinski definition) is 4.